The van der Waals surface area contributed by atoms with Crippen LogP contribution >= 0.6 is 0 Å². The first kappa shape index (κ1) is 12.5. The van der Waals surface area contributed by atoms with E-state index in [2.05, 4.69) is 32.0 Å². The summed E-state index contributed by atoms with van der Waals surface area (Å²) in [6.45, 7) is 7.83. The molecule has 0 radical (unpaired) electrons. The van der Waals surface area contributed by atoms with Gasteiger partial charge in [0.2, 0.25) is 0 Å². The standard InChI is InChI=1S/C12H23N/c1-5-7-8-12(10-11(3)4)13-9-6-2/h1,11-13H,6-10H2,2-4H3. The molecule has 0 spiro atoms. The first-order chi connectivity index (χ1) is 6.20. The van der Waals surface area contributed by atoms with Crippen LogP contribution in [0.1, 0.15) is 46.5 Å². The molecule has 1 atom stereocenters. The van der Waals surface area contributed by atoms with Crippen LogP contribution in [0.5, 0.6) is 0 Å². The van der Waals surface area contributed by atoms with E-state index in [1.807, 2.05) is 0 Å². The Balaban J connectivity index is 3.67. The molecular formula is C12H23N. The van der Waals surface area contributed by atoms with E-state index in [1.165, 1.54) is 12.8 Å². The van der Waals surface area contributed by atoms with Crippen molar-refractivity contribution in [1.82, 2.24) is 5.32 Å². The topological polar surface area (TPSA) is 12.0 Å². The second-order valence-corrected chi connectivity index (χ2v) is 4.02. The van der Waals surface area contributed by atoms with Crippen LogP contribution in [-0.4, -0.2) is 12.6 Å². The Morgan fingerprint density at radius 1 is 1.38 bits per heavy atom. The van der Waals surface area contributed by atoms with Crippen molar-refractivity contribution in [3.8, 4) is 12.3 Å². The molecule has 0 rings (SSSR count). The van der Waals surface area contributed by atoms with Gasteiger partial charge in [-0.05, 0) is 31.7 Å². The predicted molar refractivity (Wildman–Crippen MR) is 59.6 cm³/mol. The molecule has 0 aromatic rings. The van der Waals surface area contributed by atoms with Gasteiger partial charge >= 0.3 is 0 Å². The van der Waals surface area contributed by atoms with Gasteiger partial charge in [0, 0.05) is 12.5 Å². The summed E-state index contributed by atoms with van der Waals surface area (Å²) < 4.78 is 0. The molecule has 0 aromatic heterocycles. The van der Waals surface area contributed by atoms with E-state index in [0.29, 0.717) is 6.04 Å². The summed E-state index contributed by atoms with van der Waals surface area (Å²) in [5.74, 6) is 3.46. The van der Waals surface area contributed by atoms with Crippen LogP contribution in [0.4, 0.5) is 0 Å². The average molecular weight is 181 g/mol. The van der Waals surface area contributed by atoms with Crippen LogP contribution in [0.3, 0.4) is 0 Å². The van der Waals surface area contributed by atoms with Crippen LogP contribution in [0.15, 0.2) is 0 Å². The molecular weight excluding hydrogens is 158 g/mol. The first-order valence-corrected chi connectivity index (χ1v) is 5.37. The van der Waals surface area contributed by atoms with Crippen molar-refractivity contribution in [2.24, 2.45) is 5.92 Å². The van der Waals surface area contributed by atoms with Gasteiger partial charge in [-0.2, -0.15) is 0 Å². The summed E-state index contributed by atoms with van der Waals surface area (Å²) in [7, 11) is 0. The molecule has 0 aliphatic rings. The van der Waals surface area contributed by atoms with Crippen LogP contribution in [0.2, 0.25) is 0 Å². The van der Waals surface area contributed by atoms with Gasteiger partial charge in [-0.3, -0.25) is 0 Å². The van der Waals surface area contributed by atoms with E-state index in [4.69, 9.17) is 6.42 Å². The fraction of sp³-hybridized carbons (Fsp3) is 0.833. The Morgan fingerprint density at radius 3 is 2.54 bits per heavy atom. The fourth-order valence-corrected chi connectivity index (χ4v) is 1.48. The molecule has 13 heavy (non-hydrogen) atoms. The highest BCUT2D eigenvalue weighted by Gasteiger charge is 2.08. The molecule has 1 heteroatoms. The molecule has 0 heterocycles. The van der Waals surface area contributed by atoms with Crippen molar-refractivity contribution in [3.63, 3.8) is 0 Å². The van der Waals surface area contributed by atoms with Crippen LogP contribution in [0.25, 0.3) is 0 Å². The minimum Gasteiger partial charge on any atom is -0.314 e. The SMILES string of the molecule is C#CCCC(CC(C)C)NCCC. The maximum atomic E-state index is 5.26. The Labute approximate surface area is 83.3 Å². The van der Waals surface area contributed by atoms with Crippen molar-refractivity contribution in [1.29, 1.82) is 0 Å². The maximum Gasteiger partial charge on any atom is 0.0101 e. The summed E-state index contributed by atoms with van der Waals surface area (Å²) in [5.41, 5.74) is 0. The zero-order valence-corrected chi connectivity index (χ0v) is 9.27. The molecule has 0 bridgehead atoms. The number of hydrogen-bond donors (Lipinski definition) is 1. The second kappa shape index (κ2) is 8.13. The van der Waals surface area contributed by atoms with Gasteiger partial charge in [0.15, 0.2) is 0 Å². The molecule has 0 saturated heterocycles. The lowest BCUT2D eigenvalue weighted by Crippen LogP contribution is -2.30. The lowest BCUT2D eigenvalue weighted by Gasteiger charge is -2.19. The molecule has 1 unspecified atom stereocenters. The summed E-state index contributed by atoms with van der Waals surface area (Å²) in [6.07, 6.45) is 9.71. The van der Waals surface area contributed by atoms with Crippen molar-refractivity contribution < 1.29 is 0 Å². The average Bonchev–Trinajstić information content (AvgIpc) is 2.09. The van der Waals surface area contributed by atoms with Gasteiger partial charge in [-0.1, -0.05) is 20.8 Å². The second-order valence-electron chi connectivity index (χ2n) is 4.02. The molecule has 76 valence electrons. The van der Waals surface area contributed by atoms with Crippen molar-refractivity contribution in [3.05, 3.63) is 0 Å². The molecule has 0 saturated carbocycles. The quantitative estimate of drug-likeness (QED) is 0.596. The first-order valence-electron chi connectivity index (χ1n) is 5.37. The van der Waals surface area contributed by atoms with E-state index in [9.17, 15) is 0 Å². The maximum absolute atomic E-state index is 5.26. The third-order valence-electron chi connectivity index (χ3n) is 2.08. The van der Waals surface area contributed by atoms with Gasteiger partial charge in [0.05, 0.1) is 0 Å². The fourth-order valence-electron chi connectivity index (χ4n) is 1.48. The Bertz CT molecular complexity index is 144. The molecule has 0 aliphatic carbocycles. The molecule has 0 amide bonds. The minimum atomic E-state index is 0.621. The zero-order chi connectivity index (χ0) is 10.1. The van der Waals surface area contributed by atoms with E-state index in [0.717, 1.165) is 25.3 Å². The molecule has 1 nitrogen and oxygen atoms in total. The van der Waals surface area contributed by atoms with E-state index in [1.54, 1.807) is 0 Å². The van der Waals surface area contributed by atoms with Crippen molar-refractivity contribution in [2.75, 3.05) is 6.54 Å². The van der Waals surface area contributed by atoms with E-state index in [-0.39, 0.29) is 0 Å². The monoisotopic (exact) mass is 181 g/mol. The minimum absolute atomic E-state index is 0.621. The van der Waals surface area contributed by atoms with Gasteiger partial charge in [0.1, 0.15) is 0 Å². The zero-order valence-electron chi connectivity index (χ0n) is 9.27. The third kappa shape index (κ3) is 7.87. The molecule has 0 fully saturated rings. The Kier molecular flexibility index (Phi) is 7.83. The molecule has 0 aliphatic heterocycles. The lowest BCUT2D eigenvalue weighted by atomic mass is 10.00. The number of nitrogens with one attached hydrogen (secondary N) is 1. The largest absolute Gasteiger partial charge is 0.314 e. The number of terminal acetylenes is 1. The van der Waals surface area contributed by atoms with Crippen molar-refractivity contribution >= 4 is 0 Å². The van der Waals surface area contributed by atoms with Gasteiger partial charge < -0.3 is 5.32 Å². The van der Waals surface area contributed by atoms with Crippen LogP contribution < -0.4 is 5.32 Å². The number of rotatable bonds is 7. The highest BCUT2D eigenvalue weighted by Crippen LogP contribution is 2.09. The van der Waals surface area contributed by atoms with Gasteiger partial charge in [-0.15, -0.1) is 12.3 Å². The van der Waals surface area contributed by atoms with Crippen molar-refractivity contribution in [2.45, 2.75) is 52.5 Å². The van der Waals surface area contributed by atoms with Crippen LogP contribution in [-0.2, 0) is 0 Å². The Morgan fingerprint density at radius 2 is 2.08 bits per heavy atom. The number of hydrogen-bond acceptors (Lipinski definition) is 1. The Hall–Kier alpha value is -0.480. The third-order valence-corrected chi connectivity index (χ3v) is 2.08. The van der Waals surface area contributed by atoms with Gasteiger partial charge in [-0.25, -0.2) is 0 Å². The van der Waals surface area contributed by atoms with E-state index >= 15 is 0 Å². The van der Waals surface area contributed by atoms with E-state index < -0.39 is 0 Å². The summed E-state index contributed by atoms with van der Waals surface area (Å²) in [6, 6.07) is 0.621. The lowest BCUT2D eigenvalue weighted by molar-refractivity contribution is 0.402. The summed E-state index contributed by atoms with van der Waals surface area (Å²) >= 11 is 0. The predicted octanol–water partition coefficient (Wildman–Crippen LogP) is 2.81. The highest BCUT2D eigenvalue weighted by molar-refractivity contribution is 4.85. The summed E-state index contributed by atoms with van der Waals surface area (Å²) in [5, 5.41) is 3.54. The van der Waals surface area contributed by atoms with Crippen LogP contribution in [0, 0.1) is 18.3 Å². The highest BCUT2D eigenvalue weighted by atomic mass is 14.9. The smallest absolute Gasteiger partial charge is 0.0101 e. The van der Waals surface area contributed by atoms with Gasteiger partial charge in [0.25, 0.3) is 0 Å². The molecule has 0 aromatic carbocycles. The normalized spacial score (nSPS) is 12.8. The summed E-state index contributed by atoms with van der Waals surface area (Å²) in [4.78, 5) is 0. The molecule has 1 N–H and O–H groups in total.